The van der Waals surface area contributed by atoms with E-state index in [1.165, 1.54) is 12.3 Å². The second kappa shape index (κ2) is 7.53. The molecule has 7 nitrogen and oxygen atoms in total. The second-order valence-electron chi connectivity index (χ2n) is 5.72. The molecule has 1 aromatic carbocycles. The lowest BCUT2D eigenvalue weighted by Crippen LogP contribution is -2.14. The molecule has 0 unspecified atom stereocenters. The lowest BCUT2D eigenvalue weighted by atomic mass is 10.2. The van der Waals surface area contributed by atoms with Gasteiger partial charge < -0.3 is 10.6 Å². The highest BCUT2D eigenvalue weighted by molar-refractivity contribution is 5.64. The molecule has 0 radical (unpaired) electrons. The van der Waals surface area contributed by atoms with Crippen molar-refractivity contribution in [3.8, 4) is 17.5 Å². The number of nitrogens with zero attached hydrogens (tertiary/aromatic N) is 5. The van der Waals surface area contributed by atoms with Gasteiger partial charge in [-0.15, -0.1) is 0 Å². The fourth-order valence-corrected chi connectivity index (χ4v) is 2.23. The van der Waals surface area contributed by atoms with Crippen LogP contribution in [0.3, 0.4) is 0 Å². The molecule has 2 N–H and O–H groups in total. The second-order valence-corrected chi connectivity index (χ2v) is 5.72. The van der Waals surface area contributed by atoms with E-state index >= 15 is 0 Å². The van der Waals surface area contributed by atoms with Gasteiger partial charge in [-0.1, -0.05) is 12.1 Å². The minimum Gasteiger partial charge on any atom is -0.352 e. The summed E-state index contributed by atoms with van der Waals surface area (Å²) in [6.45, 7) is 3.88. The van der Waals surface area contributed by atoms with Gasteiger partial charge in [0.25, 0.3) is 0 Å². The molecule has 0 fully saturated rings. The molecule has 0 aliphatic rings. The topological polar surface area (TPSA) is 99.4 Å². The number of anilines is 3. The monoisotopic (exact) mass is 349 g/mol. The van der Waals surface area contributed by atoms with Crippen LogP contribution in [0.25, 0.3) is 11.4 Å². The molecule has 0 aliphatic heterocycles. The molecular weight excluding hydrogens is 333 g/mol. The molecule has 3 rings (SSSR count). The quantitative estimate of drug-likeness (QED) is 0.727. The Labute approximate surface area is 150 Å². The number of rotatable bonds is 5. The van der Waals surface area contributed by atoms with Gasteiger partial charge in [0.05, 0.1) is 11.3 Å². The molecule has 26 heavy (non-hydrogen) atoms. The fraction of sp³-hybridized carbons (Fsp3) is 0.167. The summed E-state index contributed by atoms with van der Waals surface area (Å²) >= 11 is 0. The van der Waals surface area contributed by atoms with E-state index in [0.29, 0.717) is 11.6 Å². The summed E-state index contributed by atoms with van der Waals surface area (Å²) in [5, 5.41) is 15.2. The van der Waals surface area contributed by atoms with Crippen molar-refractivity contribution < 1.29 is 4.39 Å². The Kier molecular flexibility index (Phi) is 4.99. The molecule has 0 bridgehead atoms. The van der Waals surface area contributed by atoms with Crippen molar-refractivity contribution >= 4 is 17.6 Å². The number of nitriles is 1. The Hall–Kier alpha value is -3.60. The van der Waals surface area contributed by atoms with Crippen LogP contribution in [0.2, 0.25) is 0 Å². The SMILES string of the molecule is CC(C)Nc1nc(Nc2cccnc2C#N)nc(-c2ccccc2F)n1. The summed E-state index contributed by atoms with van der Waals surface area (Å²) in [7, 11) is 0. The average Bonchev–Trinajstić information content (AvgIpc) is 2.62. The number of hydrogen-bond acceptors (Lipinski definition) is 7. The highest BCUT2D eigenvalue weighted by Gasteiger charge is 2.14. The maximum Gasteiger partial charge on any atom is 0.232 e. The molecule has 8 heteroatoms. The van der Waals surface area contributed by atoms with Crippen LogP contribution < -0.4 is 10.6 Å². The van der Waals surface area contributed by atoms with Gasteiger partial charge in [0.1, 0.15) is 11.9 Å². The molecule has 3 aromatic rings. The molecule has 0 aliphatic carbocycles. The maximum absolute atomic E-state index is 14.2. The first kappa shape index (κ1) is 17.2. The summed E-state index contributed by atoms with van der Waals surface area (Å²) in [6, 6.07) is 11.7. The third kappa shape index (κ3) is 3.89. The number of aromatic nitrogens is 4. The average molecular weight is 349 g/mol. The predicted octanol–water partition coefficient (Wildman–Crippen LogP) is 3.51. The number of hydrogen-bond donors (Lipinski definition) is 2. The maximum atomic E-state index is 14.2. The zero-order valence-corrected chi connectivity index (χ0v) is 14.2. The predicted molar refractivity (Wildman–Crippen MR) is 96.2 cm³/mol. The van der Waals surface area contributed by atoms with E-state index in [1.807, 2.05) is 19.9 Å². The Balaban J connectivity index is 2.06. The van der Waals surface area contributed by atoms with Crippen LogP contribution in [-0.4, -0.2) is 26.0 Å². The molecule has 2 heterocycles. The molecule has 0 saturated carbocycles. The van der Waals surface area contributed by atoms with E-state index in [9.17, 15) is 9.65 Å². The normalized spacial score (nSPS) is 10.4. The van der Waals surface area contributed by atoms with Gasteiger partial charge in [0, 0.05) is 12.2 Å². The molecule has 0 saturated heterocycles. The van der Waals surface area contributed by atoms with Crippen LogP contribution in [0.1, 0.15) is 19.5 Å². The van der Waals surface area contributed by atoms with Crippen molar-refractivity contribution in [1.82, 2.24) is 19.9 Å². The Morgan fingerprint density at radius 1 is 1.04 bits per heavy atom. The van der Waals surface area contributed by atoms with E-state index in [2.05, 4.69) is 30.6 Å². The molecular formula is C18H16FN7. The summed E-state index contributed by atoms with van der Waals surface area (Å²) in [5.41, 5.74) is 0.923. The zero-order chi connectivity index (χ0) is 18.5. The van der Waals surface area contributed by atoms with Crippen molar-refractivity contribution in [2.24, 2.45) is 0 Å². The van der Waals surface area contributed by atoms with E-state index < -0.39 is 5.82 Å². The summed E-state index contributed by atoms with van der Waals surface area (Å²) < 4.78 is 14.2. The number of pyridine rings is 1. The van der Waals surface area contributed by atoms with Gasteiger partial charge in [-0.3, -0.25) is 0 Å². The van der Waals surface area contributed by atoms with Crippen molar-refractivity contribution in [3.63, 3.8) is 0 Å². The van der Waals surface area contributed by atoms with Crippen molar-refractivity contribution in [1.29, 1.82) is 5.26 Å². The largest absolute Gasteiger partial charge is 0.352 e. The van der Waals surface area contributed by atoms with E-state index in [0.717, 1.165) is 0 Å². The van der Waals surface area contributed by atoms with Crippen LogP contribution in [0, 0.1) is 17.1 Å². The molecule has 130 valence electrons. The molecule has 2 aromatic heterocycles. The first-order valence-corrected chi connectivity index (χ1v) is 7.96. The standard InChI is InChI=1S/C18H16FN7/c1-11(2)22-17-24-16(12-6-3-4-7-13(12)19)25-18(26-17)23-14-8-5-9-21-15(14)10-20/h3-9,11H,1-2H3,(H2,22,23,24,25,26). The number of benzene rings is 1. The van der Waals surface area contributed by atoms with Gasteiger partial charge in [-0.25, -0.2) is 9.37 Å². The third-order valence-corrected chi connectivity index (χ3v) is 3.33. The Morgan fingerprint density at radius 3 is 2.54 bits per heavy atom. The van der Waals surface area contributed by atoms with Crippen molar-refractivity contribution in [3.05, 3.63) is 54.1 Å². The number of nitrogens with one attached hydrogen (secondary N) is 2. The van der Waals surface area contributed by atoms with E-state index in [4.69, 9.17) is 0 Å². The highest BCUT2D eigenvalue weighted by atomic mass is 19.1. The first-order chi connectivity index (χ1) is 12.6. The molecule has 0 spiro atoms. The van der Waals surface area contributed by atoms with Crippen LogP contribution >= 0.6 is 0 Å². The lowest BCUT2D eigenvalue weighted by Gasteiger charge is -2.12. The van der Waals surface area contributed by atoms with Crippen LogP contribution in [-0.2, 0) is 0 Å². The fourth-order valence-electron chi connectivity index (χ4n) is 2.23. The van der Waals surface area contributed by atoms with E-state index in [1.54, 1.807) is 30.3 Å². The zero-order valence-electron chi connectivity index (χ0n) is 14.2. The van der Waals surface area contributed by atoms with Gasteiger partial charge in [-0.05, 0) is 38.1 Å². The van der Waals surface area contributed by atoms with Gasteiger partial charge >= 0.3 is 0 Å². The van der Waals surface area contributed by atoms with Crippen LogP contribution in [0.5, 0.6) is 0 Å². The molecule has 0 atom stereocenters. The first-order valence-electron chi connectivity index (χ1n) is 7.96. The summed E-state index contributed by atoms with van der Waals surface area (Å²) in [5.74, 6) is 0.245. The van der Waals surface area contributed by atoms with Gasteiger partial charge in [0.15, 0.2) is 11.5 Å². The van der Waals surface area contributed by atoms with Crippen molar-refractivity contribution in [2.45, 2.75) is 19.9 Å². The number of halogens is 1. The van der Waals surface area contributed by atoms with Gasteiger partial charge in [0.2, 0.25) is 11.9 Å². The summed E-state index contributed by atoms with van der Waals surface area (Å²) in [4.78, 5) is 16.9. The smallest absolute Gasteiger partial charge is 0.232 e. The Bertz CT molecular complexity index is 966. The minimum atomic E-state index is -0.431. The lowest BCUT2D eigenvalue weighted by molar-refractivity contribution is 0.630. The highest BCUT2D eigenvalue weighted by Crippen LogP contribution is 2.23. The minimum absolute atomic E-state index is 0.0757. The summed E-state index contributed by atoms with van der Waals surface area (Å²) in [6.07, 6.45) is 1.52. The van der Waals surface area contributed by atoms with Crippen LogP contribution in [0.4, 0.5) is 22.0 Å². The Morgan fingerprint density at radius 2 is 1.81 bits per heavy atom. The van der Waals surface area contributed by atoms with Gasteiger partial charge in [-0.2, -0.15) is 20.2 Å². The van der Waals surface area contributed by atoms with Crippen LogP contribution in [0.15, 0.2) is 42.6 Å². The van der Waals surface area contributed by atoms with E-state index in [-0.39, 0.29) is 29.1 Å². The third-order valence-electron chi connectivity index (χ3n) is 3.33. The van der Waals surface area contributed by atoms with Crippen molar-refractivity contribution in [2.75, 3.05) is 10.6 Å². The molecule has 0 amide bonds.